The van der Waals surface area contributed by atoms with E-state index >= 15 is 0 Å². The van der Waals surface area contributed by atoms with Crippen LogP contribution < -0.4 is 20.1 Å². The zero-order valence-electron chi connectivity index (χ0n) is 19.7. The number of carbonyl (C=O) groups is 2. The van der Waals surface area contributed by atoms with E-state index < -0.39 is 5.41 Å². The summed E-state index contributed by atoms with van der Waals surface area (Å²) in [7, 11) is 0. The van der Waals surface area contributed by atoms with E-state index in [1.54, 1.807) is 0 Å². The largest absolute Gasteiger partial charge is 0.454 e. The number of rotatable bonds is 6. The lowest BCUT2D eigenvalue weighted by atomic mass is 9.93. The molecule has 0 atom stereocenters. The zero-order valence-corrected chi connectivity index (χ0v) is 19.7. The van der Waals surface area contributed by atoms with Crippen LogP contribution in [0, 0.1) is 6.92 Å². The molecule has 174 valence electrons. The maximum absolute atomic E-state index is 13.4. The third kappa shape index (κ3) is 4.00. The molecule has 6 heteroatoms. The molecule has 0 bridgehead atoms. The van der Waals surface area contributed by atoms with Crippen molar-refractivity contribution < 1.29 is 19.1 Å². The van der Waals surface area contributed by atoms with Crippen LogP contribution in [0.25, 0.3) is 11.1 Å². The number of carbonyl (C=O) groups excluding carboxylic acids is 2. The molecule has 6 nitrogen and oxygen atoms in total. The van der Waals surface area contributed by atoms with Gasteiger partial charge in [-0.15, -0.1) is 0 Å². The normalized spacial score (nSPS) is 15.0. The molecule has 3 aromatic rings. The number of amides is 2. The van der Waals surface area contributed by atoms with E-state index in [1.807, 2.05) is 48.5 Å². The van der Waals surface area contributed by atoms with Crippen molar-refractivity contribution in [3.63, 3.8) is 0 Å². The molecule has 0 aromatic heterocycles. The fraction of sp³-hybridized carbons (Fsp3) is 0.286. The van der Waals surface area contributed by atoms with Crippen molar-refractivity contribution in [1.29, 1.82) is 0 Å². The van der Waals surface area contributed by atoms with Gasteiger partial charge in [0.2, 0.25) is 18.6 Å². The number of hydrogen-bond acceptors (Lipinski definition) is 4. The fourth-order valence-electron chi connectivity index (χ4n) is 4.59. The smallest absolute Gasteiger partial charge is 0.235 e. The van der Waals surface area contributed by atoms with E-state index in [2.05, 4.69) is 30.5 Å². The Morgan fingerprint density at radius 2 is 1.74 bits per heavy atom. The van der Waals surface area contributed by atoms with Gasteiger partial charge in [0.05, 0.1) is 5.41 Å². The molecular formula is C28H28N2O4. The minimum absolute atomic E-state index is 0.00331. The lowest BCUT2D eigenvalue weighted by molar-refractivity contribution is -0.118. The van der Waals surface area contributed by atoms with Crippen LogP contribution in [0.15, 0.2) is 54.6 Å². The summed E-state index contributed by atoms with van der Waals surface area (Å²) in [5.41, 5.74) is 6.32. The van der Waals surface area contributed by atoms with Gasteiger partial charge in [-0.1, -0.05) is 25.1 Å². The first-order valence-electron chi connectivity index (χ1n) is 11.6. The lowest BCUT2D eigenvalue weighted by Gasteiger charge is -2.18. The maximum Gasteiger partial charge on any atom is 0.235 e. The Bertz CT molecular complexity index is 1290. The SMILES string of the molecule is CCc1cc(-c2cc(NC(=O)C3(c4ccc5c(c4)OCO5)CC3)ccc2C)ccc1NC(C)=O. The molecular weight excluding hydrogens is 428 g/mol. The maximum atomic E-state index is 13.4. The minimum atomic E-state index is -0.526. The van der Waals surface area contributed by atoms with Gasteiger partial charge >= 0.3 is 0 Å². The molecule has 1 heterocycles. The Morgan fingerprint density at radius 3 is 2.47 bits per heavy atom. The summed E-state index contributed by atoms with van der Waals surface area (Å²) in [5, 5.41) is 6.04. The molecule has 2 N–H and O–H groups in total. The highest BCUT2D eigenvalue weighted by Crippen LogP contribution is 2.51. The van der Waals surface area contributed by atoms with E-state index in [4.69, 9.17) is 9.47 Å². The summed E-state index contributed by atoms with van der Waals surface area (Å²) in [6.45, 7) is 5.86. The molecule has 34 heavy (non-hydrogen) atoms. The van der Waals surface area contributed by atoms with Gasteiger partial charge in [-0.3, -0.25) is 9.59 Å². The van der Waals surface area contributed by atoms with Crippen molar-refractivity contribution in [1.82, 2.24) is 0 Å². The Morgan fingerprint density at radius 1 is 0.941 bits per heavy atom. The standard InChI is InChI=1S/C28H28N2O4/c1-4-19-13-20(6-9-24(19)29-18(3)31)23-15-22(8-5-17(23)2)30-27(32)28(11-12-28)21-7-10-25-26(14-21)34-16-33-25/h5-10,13-15H,4,11-12,16H2,1-3H3,(H,29,31)(H,30,32). The van der Waals surface area contributed by atoms with Gasteiger partial charge in [0.1, 0.15) is 0 Å². The highest BCUT2D eigenvalue weighted by molar-refractivity contribution is 6.02. The third-order valence-electron chi connectivity index (χ3n) is 6.71. The monoisotopic (exact) mass is 456 g/mol. The second-order valence-electron chi connectivity index (χ2n) is 9.04. The van der Waals surface area contributed by atoms with Gasteiger partial charge in [-0.05, 0) is 90.4 Å². The number of ether oxygens (including phenoxy) is 2. The van der Waals surface area contributed by atoms with E-state index in [0.717, 1.165) is 64.2 Å². The van der Waals surface area contributed by atoms with Crippen LogP contribution in [0.4, 0.5) is 11.4 Å². The lowest BCUT2D eigenvalue weighted by Crippen LogP contribution is -2.27. The Hall–Kier alpha value is -3.80. The quantitative estimate of drug-likeness (QED) is 0.508. The number of benzene rings is 3. The van der Waals surface area contributed by atoms with Crippen LogP contribution in [0.5, 0.6) is 11.5 Å². The Labute approximate surface area is 199 Å². The van der Waals surface area contributed by atoms with E-state index in [1.165, 1.54) is 6.92 Å². The molecule has 0 unspecified atom stereocenters. The Kier molecular flexibility index (Phi) is 5.52. The highest BCUT2D eigenvalue weighted by atomic mass is 16.7. The third-order valence-corrected chi connectivity index (χ3v) is 6.71. The molecule has 1 aliphatic carbocycles. The molecule has 0 spiro atoms. The summed E-state index contributed by atoms with van der Waals surface area (Å²) >= 11 is 0. The van der Waals surface area contributed by atoms with Gasteiger partial charge < -0.3 is 20.1 Å². The van der Waals surface area contributed by atoms with Crippen LogP contribution in [0.3, 0.4) is 0 Å². The zero-order chi connectivity index (χ0) is 23.9. The van der Waals surface area contributed by atoms with E-state index in [9.17, 15) is 9.59 Å². The minimum Gasteiger partial charge on any atom is -0.454 e. The van der Waals surface area contributed by atoms with Crippen LogP contribution >= 0.6 is 0 Å². The predicted molar refractivity (Wildman–Crippen MR) is 132 cm³/mol. The number of hydrogen-bond donors (Lipinski definition) is 2. The summed E-state index contributed by atoms with van der Waals surface area (Å²) in [5.74, 6) is 1.33. The van der Waals surface area contributed by atoms with Crippen LogP contribution in [0.2, 0.25) is 0 Å². The van der Waals surface area contributed by atoms with Gasteiger partial charge in [0.15, 0.2) is 11.5 Å². The van der Waals surface area contributed by atoms with E-state index in [-0.39, 0.29) is 18.6 Å². The summed E-state index contributed by atoms with van der Waals surface area (Å²) in [6.07, 6.45) is 2.42. The summed E-state index contributed by atoms with van der Waals surface area (Å²) in [4.78, 5) is 24.9. The molecule has 2 amide bonds. The fourth-order valence-corrected chi connectivity index (χ4v) is 4.59. The van der Waals surface area contributed by atoms with Gasteiger partial charge in [0, 0.05) is 18.3 Å². The predicted octanol–water partition coefficient (Wildman–Crippen LogP) is 5.58. The van der Waals surface area contributed by atoms with Crippen LogP contribution in [-0.2, 0) is 21.4 Å². The molecule has 5 rings (SSSR count). The number of anilines is 2. The molecule has 0 radical (unpaired) electrons. The molecule has 1 aliphatic heterocycles. The second-order valence-corrected chi connectivity index (χ2v) is 9.04. The van der Waals surface area contributed by atoms with Crippen molar-refractivity contribution >= 4 is 23.2 Å². The van der Waals surface area contributed by atoms with Gasteiger partial charge in [0.25, 0.3) is 0 Å². The first-order chi connectivity index (χ1) is 16.4. The molecule has 2 aliphatic rings. The van der Waals surface area contributed by atoms with Crippen LogP contribution in [-0.4, -0.2) is 18.6 Å². The molecule has 0 saturated heterocycles. The molecule has 1 fully saturated rings. The number of fused-ring (bicyclic) bond motifs is 1. The first kappa shape index (κ1) is 22.0. The average Bonchev–Trinajstić information content (AvgIpc) is 3.51. The van der Waals surface area contributed by atoms with Crippen molar-refractivity contribution in [2.75, 3.05) is 17.4 Å². The molecule has 3 aromatic carbocycles. The topological polar surface area (TPSA) is 76.7 Å². The van der Waals surface area contributed by atoms with E-state index in [0.29, 0.717) is 5.75 Å². The van der Waals surface area contributed by atoms with Crippen LogP contribution in [0.1, 0.15) is 43.4 Å². The average molecular weight is 457 g/mol. The second kappa shape index (κ2) is 8.52. The van der Waals surface area contributed by atoms with Crippen molar-refractivity contribution in [3.8, 4) is 22.6 Å². The first-order valence-corrected chi connectivity index (χ1v) is 11.6. The van der Waals surface area contributed by atoms with Gasteiger partial charge in [-0.25, -0.2) is 0 Å². The molecule has 1 saturated carbocycles. The highest BCUT2D eigenvalue weighted by Gasteiger charge is 2.51. The number of nitrogens with one attached hydrogen (secondary N) is 2. The van der Waals surface area contributed by atoms with Crippen molar-refractivity contribution in [3.05, 3.63) is 71.3 Å². The summed E-state index contributed by atoms with van der Waals surface area (Å²) < 4.78 is 10.9. The Balaban J connectivity index is 1.40. The summed E-state index contributed by atoms with van der Waals surface area (Å²) in [6, 6.07) is 17.8. The van der Waals surface area contributed by atoms with Gasteiger partial charge in [-0.2, -0.15) is 0 Å². The van der Waals surface area contributed by atoms with Crippen molar-refractivity contribution in [2.24, 2.45) is 0 Å². The van der Waals surface area contributed by atoms with Crippen molar-refractivity contribution in [2.45, 2.75) is 45.4 Å². The number of aryl methyl sites for hydroxylation is 2.